The van der Waals surface area contributed by atoms with Gasteiger partial charge in [-0.15, -0.1) is 0 Å². The fourth-order valence-corrected chi connectivity index (χ4v) is 2.56. The number of amides is 1. The summed E-state index contributed by atoms with van der Waals surface area (Å²) in [5.41, 5.74) is 1.65. The number of carbonyl (C=O) groups is 1. The van der Waals surface area contributed by atoms with Crippen molar-refractivity contribution in [3.63, 3.8) is 0 Å². The molecule has 1 heterocycles. The van der Waals surface area contributed by atoms with Crippen molar-refractivity contribution in [1.29, 1.82) is 0 Å². The number of nitrogens with one attached hydrogen (secondary N) is 1. The number of fused-ring (bicyclic) bond motifs is 1. The highest BCUT2D eigenvalue weighted by Gasteiger charge is 2.14. The Morgan fingerprint density at radius 3 is 2.55 bits per heavy atom. The Kier molecular flexibility index (Phi) is 3.68. The summed E-state index contributed by atoms with van der Waals surface area (Å²) in [5, 5.41) is 3.35. The van der Waals surface area contributed by atoms with Crippen LogP contribution in [-0.2, 0) is 7.05 Å². The lowest BCUT2D eigenvalue weighted by molar-refractivity contribution is 0.102. The van der Waals surface area contributed by atoms with Crippen LogP contribution in [0, 0.1) is 0 Å². The van der Waals surface area contributed by atoms with Gasteiger partial charge in [0.15, 0.2) is 5.58 Å². The fraction of sp³-hybridized carbons (Fsp3) is 0.0667. The molecule has 1 aromatic heterocycles. The van der Waals surface area contributed by atoms with E-state index >= 15 is 0 Å². The third-order valence-electron chi connectivity index (χ3n) is 3.25. The highest BCUT2D eigenvalue weighted by molar-refractivity contribution is 6.40. The summed E-state index contributed by atoms with van der Waals surface area (Å²) < 4.78 is 6.35. The van der Waals surface area contributed by atoms with Crippen molar-refractivity contribution in [2.24, 2.45) is 7.05 Å². The number of hydrogen-bond acceptors (Lipinski definition) is 3. The smallest absolute Gasteiger partial charge is 0.408 e. The predicted octanol–water partition coefficient (Wildman–Crippen LogP) is 3.69. The van der Waals surface area contributed by atoms with Gasteiger partial charge >= 0.3 is 5.76 Å². The molecule has 0 aliphatic carbocycles. The lowest BCUT2D eigenvalue weighted by atomic mass is 10.2. The normalized spacial score (nSPS) is 10.9. The van der Waals surface area contributed by atoms with Gasteiger partial charge in [0.1, 0.15) is 0 Å². The van der Waals surface area contributed by atoms with Crippen LogP contribution in [0.1, 0.15) is 10.4 Å². The van der Waals surface area contributed by atoms with Crippen molar-refractivity contribution in [3.05, 3.63) is 62.6 Å². The number of carbonyl (C=O) groups excluding carboxylic acids is 1. The first kappa shape index (κ1) is 14.7. The van der Waals surface area contributed by atoms with Gasteiger partial charge in [-0.3, -0.25) is 9.36 Å². The molecule has 0 fully saturated rings. The summed E-state index contributed by atoms with van der Waals surface area (Å²) in [5.74, 6) is -0.868. The number of benzene rings is 2. The van der Waals surface area contributed by atoms with Gasteiger partial charge in [0.05, 0.1) is 21.2 Å². The lowest BCUT2D eigenvalue weighted by Gasteiger charge is -2.09. The molecule has 1 amide bonds. The number of aryl methyl sites for hydroxylation is 1. The molecule has 0 saturated carbocycles. The van der Waals surface area contributed by atoms with Gasteiger partial charge in [-0.2, -0.15) is 0 Å². The molecule has 0 aliphatic heterocycles. The average molecular weight is 337 g/mol. The van der Waals surface area contributed by atoms with E-state index in [-0.39, 0.29) is 5.91 Å². The van der Waals surface area contributed by atoms with E-state index in [4.69, 9.17) is 27.6 Å². The molecule has 3 rings (SSSR count). The van der Waals surface area contributed by atoms with Gasteiger partial charge in [0.2, 0.25) is 0 Å². The van der Waals surface area contributed by atoms with Gasteiger partial charge in [0, 0.05) is 12.6 Å². The predicted molar refractivity (Wildman–Crippen MR) is 85.9 cm³/mol. The molecule has 0 unspecified atom stereocenters. The van der Waals surface area contributed by atoms with Crippen LogP contribution < -0.4 is 11.1 Å². The Hall–Kier alpha value is -2.24. The van der Waals surface area contributed by atoms with Crippen LogP contribution >= 0.6 is 23.2 Å². The van der Waals surface area contributed by atoms with Crippen molar-refractivity contribution in [3.8, 4) is 0 Å². The summed E-state index contributed by atoms with van der Waals surface area (Å²) in [6.07, 6.45) is 0. The first-order chi connectivity index (χ1) is 10.5. The topological polar surface area (TPSA) is 64.2 Å². The summed E-state index contributed by atoms with van der Waals surface area (Å²) in [6.45, 7) is 0. The zero-order valence-electron chi connectivity index (χ0n) is 11.4. The maximum Gasteiger partial charge on any atom is 0.419 e. The number of hydrogen-bond donors (Lipinski definition) is 1. The second-order valence-corrected chi connectivity index (χ2v) is 5.47. The molecular formula is C15H10Cl2N2O3. The standard InChI is InChI=1S/C15H10Cl2N2O3/c1-19-11-7-8(5-6-12(11)22-15(19)21)14(20)18-13-9(16)3-2-4-10(13)17/h2-7H,1H3,(H,18,20). The molecule has 5 nitrogen and oxygen atoms in total. The van der Waals surface area contributed by atoms with E-state index in [0.29, 0.717) is 32.4 Å². The van der Waals surface area contributed by atoms with Crippen molar-refractivity contribution in [2.75, 3.05) is 5.32 Å². The van der Waals surface area contributed by atoms with Crippen LogP contribution in [0.15, 0.2) is 45.6 Å². The van der Waals surface area contributed by atoms with E-state index in [1.165, 1.54) is 4.57 Å². The van der Waals surface area contributed by atoms with Crippen LogP contribution in [0.4, 0.5) is 5.69 Å². The fourth-order valence-electron chi connectivity index (χ4n) is 2.07. The average Bonchev–Trinajstić information content (AvgIpc) is 2.77. The molecule has 7 heteroatoms. The van der Waals surface area contributed by atoms with Crippen molar-refractivity contribution in [2.45, 2.75) is 0 Å². The van der Waals surface area contributed by atoms with E-state index in [0.717, 1.165) is 0 Å². The monoisotopic (exact) mass is 336 g/mol. The maximum atomic E-state index is 12.3. The second-order valence-electron chi connectivity index (χ2n) is 4.66. The van der Waals surface area contributed by atoms with E-state index in [2.05, 4.69) is 5.32 Å². The molecule has 0 aliphatic rings. The number of rotatable bonds is 2. The number of oxazole rings is 1. The Labute approximate surface area is 135 Å². The van der Waals surface area contributed by atoms with Crippen molar-refractivity contribution in [1.82, 2.24) is 4.57 Å². The van der Waals surface area contributed by atoms with Crippen molar-refractivity contribution >= 4 is 45.9 Å². The molecule has 2 aromatic carbocycles. The van der Waals surface area contributed by atoms with Crippen molar-refractivity contribution < 1.29 is 9.21 Å². The summed E-state index contributed by atoms with van der Waals surface area (Å²) in [7, 11) is 1.57. The summed E-state index contributed by atoms with van der Waals surface area (Å²) in [6, 6.07) is 9.65. The van der Waals surface area contributed by atoms with E-state index in [1.54, 1.807) is 43.4 Å². The van der Waals surface area contributed by atoms with E-state index < -0.39 is 5.76 Å². The quantitative estimate of drug-likeness (QED) is 0.776. The SMILES string of the molecule is Cn1c(=O)oc2ccc(C(=O)Nc3c(Cl)cccc3Cl)cc21. The Morgan fingerprint density at radius 2 is 1.86 bits per heavy atom. The Bertz CT molecular complexity index is 923. The minimum Gasteiger partial charge on any atom is -0.408 e. The molecule has 0 bridgehead atoms. The first-order valence-electron chi connectivity index (χ1n) is 6.32. The summed E-state index contributed by atoms with van der Waals surface area (Å²) >= 11 is 12.1. The molecule has 0 spiro atoms. The molecular weight excluding hydrogens is 327 g/mol. The minimum absolute atomic E-state index is 0.344. The van der Waals surface area contributed by atoms with Crippen LogP contribution in [0.25, 0.3) is 11.1 Å². The number of anilines is 1. The molecule has 0 atom stereocenters. The second kappa shape index (κ2) is 5.51. The number of aromatic nitrogens is 1. The zero-order chi connectivity index (χ0) is 15.9. The lowest BCUT2D eigenvalue weighted by Crippen LogP contribution is -2.13. The zero-order valence-corrected chi connectivity index (χ0v) is 12.9. The first-order valence-corrected chi connectivity index (χ1v) is 7.08. The van der Waals surface area contributed by atoms with Crippen LogP contribution in [0.2, 0.25) is 10.0 Å². The van der Waals surface area contributed by atoms with Crippen LogP contribution in [0.3, 0.4) is 0 Å². The largest absolute Gasteiger partial charge is 0.419 e. The number of para-hydroxylation sites is 1. The van der Waals surface area contributed by atoms with Crippen LogP contribution in [-0.4, -0.2) is 10.5 Å². The third kappa shape index (κ3) is 2.49. The molecule has 1 N–H and O–H groups in total. The highest BCUT2D eigenvalue weighted by Crippen LogP contribution is 2.30. The maximum absolute atomic E-state index is 12.3. The van der Waals surface area contributed by atoms with E-state index in [9.17, 15) is 9.59 Å². The minimum atomic E-state index is -0.485. The van der Waals surface area contributed by atoms with Crippen LogP contribution in [0.5, 0.6) is 0 Å². The number of nitrogens with zero attached hydrogens (tertiary/aromatic N) is 1. The third-order valence-corrected chi connectivity index (χ3v) is 3.88. The molecule has 112 valence electrons. The van der Waals surface area contributed by atoms with Gasteiger partial charge in [0.25, 0.3) is 5.91 Å². The highest BCUT2D eigenvalue weighted by atomic mass is 35.5. The van der Waals surface area contributed by atoms with Gasteiger partial charge in [-0.1, -0.05) is 29.3 Å². The molecule has 3 aromatic rings. The summed E-state index contributed by atoms with van der Waals surface area (Å²) in [4.78, 5) is 23.8. The Morgan fingerprint density at radius 1 is 1.18 bits per heavy atom. The van der Waals surface area contributed by atoms with Gasteiger partial charge in [-0.05, 0) is 30.3 Å². The molecule has 0 radical (unpaired) electrons. The Balaban J connectivity index is 1.99. The van der Waals surface area contributed by atoms with Gasteiger partial charge in [-0.25, -0.2) is 4.79 Å². The molecule has 22 heavy (non-hydrogen) atoms. The van der Waals surface area contributed by atoms with E-state index in [1.807, 2.05) is 0 Å². The molecule has 0 saturated heterocycles. The number of halogens is 2. The van der Waals surface area contributed by atoms with Gasteiger partial charge < -0.3 is 9.73 Å².